The van der Waals surface area contributed by atoms with E-state index in [2.05, 4.69) is 32.3 Å². The second kappa shape index (κ2) is 9.11. The molecular formula is C23H24N4O2S2. The van der Waals surface area contributed by atoms with Gasteiger partial charge in [0.25, 0.3) is 0 Å². The Balaban J connectivity index is 1.46. The van der Waals surface area contributed by atoms with E-state index < -0.39 is 0 Å². The van der Waals surface area contributed by atoms with Gasteiger partial charge < -0.3 is 13.9 Å². The molecule has 0 saturated heterocycles. The lowest BCUT2D eigenvalue weighted by atomic mass is 10.2. The molecule has 3 aromatic heterocycles. The van der Waals surface area contributed by atoms with Crippen molar-refractivity contribution in [3.8, 4) is 17.1 Å². The van der Waals surface area contributed by atoms with Crippen LogP contribution in [0.2, 0.25) is 0 Å². The van der Waals surface area contributed by atoms with E-state index >= 15 is 0 Å². The number of ether oxygens (including phenoxy) is 1. The zero-order chi connectivity index (χ0) is 22.0. The lowest BCUT2D eigenvalue weighted by molar-refractivity contribution is 0.102. The van der Waals surface area contributed by atoms with Gasteiger partial charge in [0, 0.05) is 34.4 Å². The second-order valence-electron chi connectivity index (χ2n) is 7.26. The molecule has 0 aliphatic rings. The van der Waals surface area contributed by atoms with E-state index in [1.54, 1.807) is 18.4 Å². The number of thioether (sulfide) groups is 1. The van der Waals surface area contributed by atoms with Crippen molar-refractivity contribution in [2.75, 3.05) is 12.9 Å². The van der Waals surface area contributed by atoms with Gasteiger partial charge in [-0.3, -0.25) is 4.79 Å². The third-order valence-corrected chi connectivity index (χ3v) is 7.16. The Labute approximate surface area is 189 Å². The van der Waals surface area contributed by atoms with Crippen molar-refractivity contribution in [2.24, 2.45) is 7.05 Å². The number of rotatable bonds is 8. The number of hydrogen-bond acceptors (Lipinski definition) is 6. The van der Waals surface area contributed by atoms with Crippen LogP contribution >= 0.6 is 23.1 Å². The average molecular weight is 453 g/mol. The Kier molecular flexibility index (Phi) is 6.29. The highest BCUT2D eigenvalue weighted by atomic mass is 32.2. The Hall–Kier alpha value is -2.84. The summed E-state index contributed by atoms with van der Waals surface area (Å²) in [5.74, 6) is 1.97. The third-order valence-electron chi connectivity index (χ3n) is 5.28. The number of carbonyl (C=O) groups excluding carboxylic acids is 1. The highest BCUT2D eigenvalue weighted by molar-refractivity contribution is 7.99. The van der Waals surface area contributed by atoms with E-state index in [0.29, 0.717) is 10.9 Å². The van der Waals surface area contributed by atoms with E-state index in [9.17, 15) is 4.79 Å². The largest absolute Gasteiger partial charge is 0.497 e. The lowest BCUT2D eigenvalue weighted by Gasteiger charge is -2.08. The number of hydrogen-bond donors (Lipinski definition) is 0. The Bertz CT molecular complexity index is 1190. The molecule has 0 saturated carbocycles. The van der Waals surface area contributed by atoms with Crippen LogP contribution in [0.25, 0.3) is 11.4 Å². The van der Waals surface area contributed by atoms with Crippen LogP contribution in [0.5, 0.6) is 5.75 Å². The van der Waals surface area contributed by atoms with Crippen molar-refractivity contribution in [1.29, 1.82) is 0 Å². The molecule has 8 heteroatoms. The topological polar surface area (TPSA) is 61.9 Å². The molecule has 6 nitrogen and oxygen atoms in total. The number of carbonyl (C=O) groups is 1. The van der Waals surface area contributed by atoms with Gasteiger partial charge in [-0.2, -0.15) is 0 Å². The molecule has 31 heavy (non-hydrogen) atoms. The number of benzene rings is 1. The quantitative estimate of drug-likeness (QED) is 0.278. The standard InChI is InChI=1S/C23H24N4O2S2/c1-15-12-20(16(2)27(15)13-19-6-5-11-30-19)21(28)14-31-23-25-24-22(26(23)3)17-7-9-18(29-4)10-8-17/h5-12H,13-14H2,1-4H3. The van der Waals surface area contributed by atoms with Gasteiger partial charge in [-0.15, -0.1) is 21.5 Å². The second-order valence-corrected chi connectivity index (χ2v) is 9.23. The first-order valence-corrected chi connectivity index (χ1v) is 11.7. The smallest absolute Gasteiger partial charge is 0.191 e. The van der Waals surface area contributed by atoms with Gasteiger partial charge in [-0.05, 0) is 55.6 Å². The van der Waals surface area contributed by atoms with Crippen LogP contribution in [0.1, 0.15) is 26.6 Å². The fourth-order valence-corrected chi connectivity index (χ4v) is 5.01. The molecule has 0 fully saturated rings. The summed E-state index contributed by atoms with van der Waals surface area (Å²) in [7, 11) is 3.56. The Morgan fingerprint density at radius 3 is 2.61 bits per heavy atom. The third kappa shape index (κ3) is 4.45. The van der Waals surface area contributed by atoms with E-state index in [1.807, 2.05) is 55.8 Å². The maximum atomic E-state index is 13.0. The van der Waals surface area contributed by atoms with Gasteiger partial charge >= 0.3 is 0 Å². The summed E-state index contributed by atoms with van der Waals surface area (Å²) in [4.78, 5) is 14.2. The zero-order valence-electron chi connectivity index (χ0n) is 18.0. The van der Waals surface area contributed by atoms with Crippen LogP contribution in [0.15, 0.2) is 53.0 Å². The van der Waals surface area contributed by atoms with Gasteiger partial charge in [0.15, 0.2) is 16.8 Å². The molecule has 4 rings (SSSR count). The van der Waals surface area contributed by atoms with Crippen LogP contribution in [-0.2, 0) is 13.6 Å². The molecule has 1 aromatic carbocycles. The van der Waals surface area contributed by atoms with Crippen molar-refractivity contribution in [3.63, 3.8) is 0 Å². The van der Waals surface area contributed by atoms with Crippen molar-refractivity contribution < 1.29 is 9.53 Å². The molecule has 0 N–H and O–H groups in total. The molecule has 0 atom stereocenters. The van der Waals surface area contributed by atoms with Crippen LogP contribution < -0.4 is 4.74 Å². The number of methoxy groups -OCH3 is 1. The van der Waals surface area contributed by atoms with Crippen molar-refractivity contribution in [1.82, 2.24) is 19.3 Å². The molecule has 0 radical (unpaired) electrons. The number of aryl methyl sites for hydroxylation is 1. The maximum absolute atomic E-state index is 13.0. The Morgan fingerprint density at radius 2 is 1.94 bits per heavy atom. The lowest BCUT2D eigenvalue weighted by Crippen LogP contribution is -2.07. The number of thiophene rings is 1. The fraction of sp³-hybridized carbons (Fsp3) is 0.261. The zero-order valence-corrected chi connectivity index (χ0v) is 19.6. The number of ketones is 1. The summed E-state index contributed by atoms with van der Waals surface area (Å²) < 4.78 is 9.33. The normalized spacial score (nSPS) is 11.1. The number of Topliss-reactive ketones (excluding diaryl/α,β-unsaturated/α-hetero) is 1. The van der Waals surface area contributed by atoms with Gasteiger partial charge in [-0.25, -0.2) is 0 Å². The van der Waals surface area contributed by atoms with Crippen LogP contribution in [0, 0.1) is 13.8 Å². The van der Waals surface area contributed by atoms with Crippen molar-refractivity contribution in [2.45, 2.75) is 25.5 Å². The van der Waals surface area contributed by atoms with E-state index in [0.717, 1.165) is 40.6 Å². The van der Waals surface area contributed by atoms with E-state index in [1.165, 1.54) is 16.6 Å². The number of nitrogens with zero attached hydrogens (tertiary/aromatic N) is 4. The van der Waals surface area contributed by atoms with E-state index in [4.69, 9.17) is 4.74 Å². The average Bonchev–Trinajstić information content (AvgIpc) is 3.49. The summed E-state index contributed by atoms with van der Waals surface area (Å²) in [6.45, 7) is 4.86. The maximum Gasteiger partial charge on any atom is 0.191 e. The molecule has 0 amide bonds. The SMILES string of the molecule is COc1ccc(-c2nnc(SCC(=O)c3cc(C)n(Cc4cccs4)c3C)n2C)cc1. The molecule has 0 bridgehead atoms. The van der Waals surface area contributed by atoms with E-state index in [-0.39, 0.29) is 5.78 Å². The summed E-state index contributed by atoms with van der Waals surface area (Å²) in [6.07, 6.45) is 0. The van der Waals surface area contributed by atoms with Crippen molar-refractivity contribution >= 4 is 28.9 Å². The molecule has 0 unspecified atom stereocenters. The molecule has 0 aliphatic heterocycles. The summed E-state index contributed by atoms with van der Waals surface area (Å²) in [5.41, 5.74) is 3.83. The van der Waals surface area contributed by atoms with Gasteiger partial charge in [0.1, 0.15) is 5.75 Å². The first kappa shape index (κ1) is 21.4. The summed E-state index contributed by atoms with van der Waals surface area (Å²) in [5, 5.41) is 11.4. The van der Waals surface area contributed by atoms with Crippen LogP contribution in [0.3, 0.4) is 0 Å². The summed E-state index contributed by atoms with van der Waals surface area (Å²) >= 11 is 3.14. The predicted molar refractivity (Wildman–Crippen MR) is 125 cm³/mol. The molecular weight excluding hydrogens is 428 g/mol. The highest BCUT2D eigenvalue weighted by Crippen LogP contribution is 2.26. The minimum absolute atomic E-state index is 0.101. The first-order chi connectivity index (χ1) is 15.0. The highest BCUT2D eigenvalue weighted by Gasteiger charge is 2.18. The molecule has 0 aliphatic carbocycles. The molecule has 0 spiro atoms. The monoisotopic (exact) mass is 452 g/mol. The molecule has 4 aromatic rings. The predicted octanol–water partition coefficient (Wildman–Crippen LogP) is 4.99. The Morgan fingerprint density at radius 1 is 1.16 bits per heavy atom. The minimum atomic E-state index is 0.101. The van der Waals surface area contributed by atoms with Crippen molar-refractivity contribution in [3.05, 3.63) is 69.7 Å². The molecule has 160 valence electrons. The van der Waals surface area contributed by atoms with Crippen LogP contribution in [0.4, 0.5) is 0 Å². The fourth-order valence-electron chi connectivity index (χ4n) is 3.53. The molecule has 3 heterocycles. The first-order valence-electron chi connectivity index (χ1n) is 9.87. The van der Waals surface area contributed by atoms with Gasteiger partial charge in [0.05, 0.1) is 19.4 Å². The minimum Gasteiger partial charge on any atom is -0.497 e. The van der Waals surface area contributed by atoms with Gasteiger partial charge in [0.2, 0.25) is 0 Å². The van der Waals surface area contributed by atoms with Crippen LogP contribution in [-0.4, -0.2) is 38.0 Å². The summed E-state index contributed by atoms with van der Waals surface area (Å²) in [6, 6.07) is 13.9. The van der Waals surface area contributed by atoms with Gasteiger partial charge in [-0.1, -0.05) is 17.8 Å². The number of aromatic nitrogens is 4.